The summed E-state index contributed by atoms with van der Waals surface area (Å²) in [5, 5.41) is 7.50. The molecule has 0 atom stereocenters. The Labute approximate surface area is 84.5 Å². The van der Waals surface area contributed by atoms with Gasteiger partial charge < -0.3 is 10.6 Å². The number of aromatic nitrogens is 2. The second-order valence-electron chi connectivity index (χ2n) is 4.01. The van der Waals surface area contributed by atoms with Crippen LogP contribution in [0.25, 0.3) is 0 Å². The molecule has 0 fully saturated rings. The Balaban J connectivity index is 2.12. The highest BCUT2D eigenvalue weighted by molar-refractivity contribution is 5.27. The number of aromatic amines is 1. The van der Waals surface area contributed by atoms with Crippen LogP contribution in [0.15, 0.2) is 0 Å². The first-order valence-corrected chi connectivity index (χ1v) is 5.25. The third kappa shape index (κ3) is 1.81. The summed E-state index contributed by atoms with van der Waals surface area (Å²) in [6.07, 6.45) is 3.18. The molecule has 0 aromatic carbocycles. The van der Waals surface area contributed by atoms with Crippen LogP contribution in [0, 0.1) is 0 Å². The van der Waals surface area contributed by atoms with Gasteiger partial charge in [0.2, 0.25) is 0 Å². The van der Waals surface area contributed by atoms with E-state index in [1.807, 2.05) is 0 Å². The molecule has 1 aliphatic heterocycles. The Kier molecular flexibility index (Phi) is 2.84. The lowest BCUT2D eigenvalue weighted by atomic mass is 10.0. The van der Waals surface area contributed by atoms with E-state index in [1.165, 1.54) is 17.0 Å². The van der Waals surface area contributed by atoms with Gasteiger partial charge in [-0.25, -0.2) is 0 Å². The smallest absolute Gasteiger partial charge is 0.0658 e. The van der Waals surface area contributed by atoms with Crippen LogP contribution in [-0.4, -0.2) is 35.2 Å². The first-order chi connectivity index (χ1) is 6.81. The number of nitrogens with two attached hydrogens (primary N) is 1. The molecule has 1 aromatic rings. The van der Waals surface area contributed by atoms with Crippen LogP contribution in [0.2, 0.25) is 0 Å². The van der Waals surface area contributed by atoms with Crippen molar-refractivity contribution in [1.82, 2.24) is 15.1 Å². The van der Waals surface area contributed by atoms with Crippen molar-refractivity contribution >= 4 is 0 Å². The van der Waals surface area contributed by atoms with Crippen LogP contribution in [0.1, 0.15) is 23.4 Å². The number of hydrogen-bond acceptors (Lipinski definition) is 3. The van der Waals surface area contributed by atoms with Gasteiger partial charge in [0.05, 0.1) is 11.4 Å². The molecule has 2 heterocycles. The van der Waals surface area contributed by atoms with E-state index in [0.29, 0.717) is 0 Å². The minimum absolute atomic E-state index is 0.752. The van der Waals surface area contributed by atoms with Gasteiger partial charge in [-0.2, -0.15) is 5.10 Å². The van der Waals surface area contributed by atoms with Gasteiger partial charge >= 0.3 is 0 Å². The van der Waals surface area contributed by atoms with Crippen LogP contribution in [0.5, 0.6) is 0 Å². The molecule has 0 spiro atoms. The molecular formula is C10H18N4. The fraction of sp³-hybridized carbons (Fsp3) is 0.700. The van der Waals surface area contributed by atoms with Gasteiger partial charge in [-0.1, -0.05) is 0 Å². The summed E-state index contributed by atoms with van der Waals surface area (Å²) >= 11 is 0. The van der Waals surface area contributed by atoms with E-state index in [9.17, 15) is 0 Å². The van der Waals surface area contributed by atoms with Crippen molar-refractivity contribution in [3.8, 4) is 0 Å². The van der Waals surface area contributed by atoms with Gasteiger partial charge in [-0.15, -0.1) is 0 Å². The van der Waals surface area contributed by atoms with E-state index in [0.717, 1.165) is 38.9 Å². The summed E-state index contributed by atoms with van der Waals surface area (Å²) in [6, 6.07) is 0. The summed E-state index contributed by atoms with van der Waals surface area (Å²) in [5.74, 6) is 0. The molecule has 0 aliphatic carbocycles. The van der Waals surface area contributed by atoms with E-state index in [2.05, 4.69) is 22.1 Å². The van der Waals surface area contributed by atoms with E-state index >= 15 is 0 Å². The molecule has 3 N–H and O–H groups in total. The normalized spacial score (nSPS) is 17.0. The van der Waals surface area contributed by atoms with Crippen LogP contribution in [0.3, 0.4) is 0 Å². The summed E-state index contributed by atoms with van der Waals surface area (Å²) in [7, 11) is 2.14. The Hall–Kier alpha value is -0.870. The zero-order valence-corrected chi connectivity index (χ0v) is 8.71. The molecule has 0 saturated carbocycles. The van der Waals surface area contributed by atoms with E-state index in [-0.39, 0.29) is 0 Å². The molecule has 14 heavy (non-hydrogen) atoms. The third-order valence-electron chi connectivity index (χ3n) is 2.83. The van der Waals surface area contributed by atoms with Crippen molar-refractivity contribution in [2.24, 2.45) is 5.73 Å². The minimum Gasteiger partial charge on any atom is -0.330 e. The van der Waals surface area contributed by atoms with Gasteiger partial charge in [0.25, 0.3) is 0 Å². The molecule has 4 heteroatoms. The Morgan fingerprint density at radius 3 is 3.21 bits per heavy atom. The van der Waals surface area contributed by atoms with Crippen molar-refractivity contribution < 1.29 is 0 Å². The van der Waals surface area contributed by atoms with Crippen molar-refractivity contribution in [2.75, 3.05) is 20.1 Å². The lowest BCUT2D eigenvalue weighted by Gasteiger charge is -2.21. The zero-order chi connectivity index (χ0) is 9.97. The number of H-pyrrole nitrogens is 1. The molecule has 0 radical (unpaired) electrons. The largest absolute Gasteiger partial charge is 0.330 e. The third-order valence-corrected chi connectivity index (χ3v) is 2.83. The number of rotatable bonds is 3. The van der Waals surface area contributed by atoms with Gasteiger partial charge in [0.1, 0.15) is 0 Å². The quantitative estimate of drug-likeness (QED) is 0.727. The molecule has 4 nitrogen and oxygen atoms in total. The number of aryl methyl sites for hydroxylation is 1. The topological polar surface area (TPSA) is 57.9 Å². The molecule has 1 aliphatic rings. The highest BCUT2D eigenvalue weighted by atomic mass is 15.2. The number of nitrogens with one attached hydrogen (secondary N) is 1. The van der Waals surface area contributed by atoms with Crippen molar-refractivity contribution in [3.05, 3.63) is 17.0 Å². The van der Waals surface area contributed by atoms with Crippen molar-refractivity contribution in [1.29, 1.82) is 0 Å². The first kappa shape index (κ1) is 9.68. The second-order valence-corrected chi connectivity index (χ2v) is 4.01. The predicted molar refractivity (Wildman–Crippen MR) is 56.0 cm³/mol. The highest BCUT2D eigenvalue weighted by Crippen LogP contribution is 2.19. The molecular weight excluding hydrogens is 176 g/mol. The van der Waals surface area contributed by atoms with Gasteiger partial charge in [0, 0.05) is 13.1 Å². The van der Waals surface area contributed by atoms with Crippen LogP contribution in [-0.2, 0) is 19.4 Å². The monoisotopic (exact) mass is 194 g/mol. The maximum absolute atomic E-state index is 5.50. The van der Waals surface area contributed by atoms with E-state index in [4.69, 9.17) is 5.73 Å². The van der Waals surface area contributed by atoms with Gasteiger partial charge in [0.15, 0.2) is 0 Å². The Morgan fingerprint density at radius 2 is 2.43 bits per heavy atom. The standard InChI is InChI=1S/C10H18N4/c1-14-6-4-8-9(3-2-5-11)12-13-10(8)7-14/h2-7,11H2,1H3,(H,12,13). The average Bonchev–Trinajstić information content (AvgIpc) is 2.57. The molecule has 0 saturated heterocycles. The molecule has 0 bridgehead atoms. The van der Waals surface area contributed by atoms with Crippen LogP contribution >= 0.6 is 0 Å². The summed E-state index contributed by atoms with van der Waals surface area (Å²) in [5.41, 5.74) is 9.47. The summed E-state index contributed by atoms with van der Waals surface area (Å²) < 4.78 is 0. The molecule has 78 valence electrons. The molecule has 0 amide bonds. The van der Waals surface area contributed by atoms with Crippen molar-refractivity contribution in [2.45, 2.75) is 25.8 Å². The zero-order valence-electron chi connectivity index (χ0n) is 8.71. The predicted octanol–water partition coefficient (Wildman–Crippen LogP) is 0.289. The SMILES string of the molecule is CN1CCc2c(CCCN)n[nH]c2C1. The van der Waals surface area contributed by atoms with Crippen LogP contribution in [0.4, 0.5) is 0 Å². The van der Waals surface area contributed by atoms with Crippen LogP contribution < -0.4 is 5.73 Å². The van der Waals surface area contributed by atoms with E-state index < -0.39 is 0 Å². The number of hydrogen-bond donors (Lipinski definition) is 2. The second kappa shape index (κ2) is 4.11. The highest BCUT2D eigenvalue weighted by Gasteiger charge is 2.18. The first-order valence-electron chi connectivity index (χ1n) is 5.25. The molecule has 2 rings (SSSR count). The lowest BCUT2D eigenvalue weighted by Crippen LogP contribution is -2.26. The fourth-order valence-electron chi connectivity index (χ4n) is 2.00. The van der Waals surface area contributed by atoms with Gasteiger partial charge in [-0.05, 0) is 38.4 Å². The van der Waals surface area contributed by atoms with E-state index in [1.54, 1.807) is 0 Å². The minimum atomic E-state index is 0.752. The lowest BCUT2D eigenvalue weighted by molar-refractivity contribution is 0.308. The molecule has 0 unspecified atom stereocenters. The Morgan fingerprint density at radius 1 is 1.57 bits per heavy atom. The average molecular weight is 194 g/mol. The maximum Gasteiger partial charge on any atom is 0.0658 e. The van der Waals surface area contributed by atoms with Gasteiger partial charge in [-0.3, -0.25) is 5.10 Å². The number of nitrogens with zero attached hydrogens (tertiary/aromatic N) is 2. The summed E-state index contributed by atoms with van der Waals surface area (Å²) in [6.45, 7) is 2.90. The van der Waals surface area contributed by atoms with Crippen molar-refractivity contribution in [3.63, 3.8) is 0 Å². The summed E-state index contributed by atoms with van der Waals surface area (Å²) in [4.78, 5) is 2.31. The maximum atomic E-state index is 5.50. The molecule has 1 aromatic heterocycles. The number of likely N-dealkylation sites (N-methyl/N-ethyl adjacent to an activating group) is 1. The number of fused-ring (bicyclic) bond motifs is 1. The Bertz CT molecular complexity index is 305. The fourth-order valence-corrected chi connectivity index (χ4v) is 2.00.